The highest BCUT2D eigenvalue weighted by molar-refractivity contribution is 14.0. The Morgan fingerprint density at radius 3 is 2.57 bits per heavy atom. The van der Waals surface area contributed by atoms with Gasteiger partial charge in [-0.3, -0.25) is 4.79 Å². The number of carbonyl (C=O) groups is 1. The second kappa shape index (κ2) is 12.9. The molecule has 2 N–H and O–H groups in total. The van der Waals surface area contributed by atoms with E-state index in [2.05, 4.69) is 34.7 Å². The second-order valence-electron chi connectivity index (χ2n) is 7.59. The molecule has 1 amide bonds. The third kappa shape index (κ3) is 8.67. The van der Waals surface area contributed by atoms with E-state index in [1.807, 2.05) is 12.1 Å². The third-order valence-electron chi connectivity index (χ3n) is 5.01. The summed E-state index contributed by atoms with van der Waals surface area (Å²) in [5.74, 6) is 2.34. The number of guanidine groups is 1. The Bertz CT molecular complexity index is 619. The first-order valence-corrected chi connectivity index (χ1v) is 9.86. The number of nitrogens with zero attached hydrogens (tertiary/aromatic N) is 2. The Balaban J connectivity index is 0.00000392. The van der Waals surface area contributed by atoms with Crippen LogP contribution >= 0.6 is 24.0 Å². The first-order chi connectivity index (χ1) is 13.0. The van der Waals surface area contributed by atoms with Crippen molar-refractivity contribution in [3.8, 4) is 5.75 Å². The van der Waals surface area contributed by atoms with Crippen molar-refractivity contribution in [2.45, 2.75) is 45.1 Å². The van der Waals surface area contributed by atoms with Gasteiger partial charge in [-0.15, -0.1) is 24.0 Å². The fourth-order valence-electron chi connectivity index (χ4n) is 3.32. The van der Waals surface area contributed by atoms with Crippen LogP contribution in [0.15, 0.2) is 29.3 Å². The number of aliphatic imine (C=N–C) groups is 1. The van der Waals surface area contributed by atoms with Crippen LogP contribution in [0.2, 0.25) is 0 Å². The van der Waals surface area contributed by atoms with E-state index in [1.54, 1.807) is 26.1 Å². The fraction of sp³-hybridized carbons (Fsp3) is 0.619. The normalized spacial score (nSPS) is 19.4. The molecule has 1 fully saturated rings. The standard InChI is InChI=1S/C21H34N4O2.HI/c1-16-6-5-7-18(14-16)24-21(23-15-20(26)25(2)3)22-13-12-17-8-10-19(27-4)11-9-17;/h8-11,16,18H,5-7,12-15H2,1-4H3,(H2,22,23,24);1H. The van der Waals surface area contributed by atoms with Gasteiger partial charge in [-0.1, -0.05) is 31.9 Å². The molecule has 6 nitrogen and oxygen atoms in total. The van der Waals surface area contributed by atoms with Crippen LogP contribution in [-0.4, -0.2) is 57.1 Å². The van der Waals surface area contributed by atoms with E-state index in [4.69, 9.17) is 4.74 Å². The summed E-state index contributed by atoms with van der Waals surface area (Å²) < 4.78 is 5.20. The number of rotatable bonds is 7. The lowest BCUT2D eigenvalue weighted by molar-refractivity contribution is -0.127. The van der Waals surface area contributed by atoms with Crippen molar-refractivity contribution < 1.29 is 9.53 Å². The lowest BCUT2D eigenvalue weighted by Crippen LogP contribution is -2.46. The highest BCUT2D eigenvalue weighted by Gasteiger charge is 2.19. The summed E-state index contributed by atoms with van der Waals surface area (Å²) in [6, 6.07) is 8.52. The van der Waals surface area contributed by atoms with Crippen molar-refractivity contribution in [1.29, 1.82) is 0 Å². The van der Waals surface area contributed by atoms with Crippen molar-refractivity contribution in [2.75, 3.05) is 34.3 Å². The highest BCUT2D eigenvalue weighted by atomic mass is 127. The van der Waals surface area contributed by atoms with Crippen LogP contribution < -0.4 is 15.4 Å². The summed E-state index contributed by atoms with van der Waals surface area (Å²) in [6.07, 6.45) is 5.74. The van der Waals surface area contributed by atoms with Gasteiger partial charge in [0.2, 0.25) is 5.91 Å². The van der Waals surface area contributed by atoms with Gasteiger partial charge in [0.05, 0.1) is 7.11 Å². The lowest BCUT2D eigenvalue weighted by atomic mass is 9.87. The number of amides is 1. The molecule has 2 atom stereocenters. The fourth-order valence-corrected chi connectivity index (χ4v) is 3.32. The van der Waals surface area contributed by atoms with Gasteiger partial charge in [0.15, 0.2) is 5.96 Å². The maximum atomic E-state index is 11.9. The van der Waals surface area contributed by atoms with E-state index in [0.717, 1.165) is 43.4 Å². The van der Waals surface area contributed by atoms with E-state index in [0.29, 0.717) is 6.04 Å². The Kier molecular flexibility index (Phi) is 11.3. The molecule has 0 aliphatic heterocycles. The first kappa shape index (κ1) is 24.5. The summed E-state index contributed by atoms with van der Waals surface area (Å²) in [7, 11) is 5.18. The van der Waals surface area contributed by atoms with Gasteiger partial charge < -0.3 is 20.3 Å². The number of ether oxygens (including phenoxy) is 1. The predicted molar refractivity (Wildman–Crippen MR) is 126 cm³/mol. The molecule has 0 radical (unpaired) electrons. The summed E-state index contributed by atoms with van der Waals surface area (Å²) >= 11 is 0. The third-order valence-corrected chi connectivity index (χ3v) is 5.01. The molecule has 1 aromatic carbocycles. The molecule has 0 aromatic heterocycles. The van der Waals surface area contributed by atoms with Gasteiger partial charge in [0, 0.05) is 26.7 Å². The maximum absolute atomic E-state index is 11.9. The zero-order chi connectivity index (χ0) is 19.6. The molecule has 1 aliphatic carbocycles. The Morgan fingerprint density at radius 2 is 1.96 bits per heavy atom. The molecule has 0 saturated heterocycles. The summed E-state index contributed by atoms with van der Waals surface area (Å²) in [5.41, 5.74) is 1.23. The summed E-state index contributed by atoms with van der Waals surface area (Å²) in [5, 5.41) is 6.92. The SMILES string of the molecule is COc1ccc(CCNC(=NCC(=O)N(C)C)NC2CCCC(C)C2)cc1.I. The minimum atomic E-state index is 0. The highest BCUT2D eigenvalue weighted by Crippen LogP contribution is 2.23. The van der Waals surface area contributed by atoms with Crippen LogP contribution in [0.4, 0.5) is 0 Å². The molecule has 7 heteroatoms. The molecular formula is C21H35IN4O2. The Hall–Kier alpha value is -1.51. The van der Waals surface area contributed by atoms with E-state index in [9.17, 15) is 4.79 Å². The summed E-state index contributed by atoms with van der Waals surface area (Å²) in [4.78, 5) is 18.0. The van der Waals surface area contributed by atoms with Crippen LogP contribution in [0, 0.1) is 5.92 Å². The molecule has 1 aromatic rings. The molecular weight excluding hydrogens is 467 g/mol. The van der Waals surface area contributed by atoms with E-state index >= 15 is 0 Å². The molecule has 2 unspecified atom stereocenters. The predicted octanol–water partition coefficient (Wildman–Crippen LogP) is 3.06. The van der Waals surface area contributed by atoms with E-state index in [1.165, 1.54) is 18.4 Å². The monoisotopic (exact) mass is 502 g/mol. The molecule has 1 saturated carbocycles. The molecule has 0 heterocycles. The van der Waals surface area contributed by atoms with Crippen LogP contribution in [-0.2, 0) is 11.2 Å². The van der Waals surface area contributed by atoms with Gasteiger partial charge in [-0.05, 0) is 42.9 Å². The van der Waals surface area contributed by atoms with Gasteiger partial charge in [-0.2, -0.15) is 0 Å². The topological polar surface area (TPSA) is 66.0 Å². The van der Waals surface area contributed by atoms with Crippen molar-refractivity contribution in [3.63, 3.8) is 0 Å². The van der Waals surface area contributed by atoms with Gasteiger partial charge in [0.25, 0.3) is 0 Å². The van der Waals surface area contributed by atoms with Crippen molar-refractivity contribution in [2.24, 2.45) is 10.9 Å². The Labute approximate surface area is 186 Å². The quantitative estimate of drug-likeness (QED) is 0.342. The second-order valence-corrected chi connectivity index (χ2v) is 7.59. The smallest absolute Gasteiger partial charge is 0.243 e. The minimum absolute atomic E-state index is 0. The van der Waals surface area contributed by atoms with E-state index in [-0.39, 0.29) is 36.4 Å². The number of nitrogens with one attached hydrogen (secondary N) is 2. The molecule has 1 aliphatic rings. The molecule has 158 valence electrons. The molecule has 0 bridgehead atoms. The number of benzene rings is 1. The maximum Gasteiger partial charge on any atom is 0.243 e. The van der Waals surface area contributed by atoms with Crippen LogP contribution in [0.5, 0.6) is 5.75 Å². The average Bonchev–Trinajstić information content (AvgIpc) is 2.66. The van der Waals surface area contributed by atoms with Gasteiger partial charge >= 0.3 is 0 Å². The average molecular weight is 502 g/mol. The molecule has 0 spiro atoms. The number of methoxy groups -OCH3 is 1. The zero-order valence-corrected chi connectivity index (χ0v) is 19.9. The van der Waals surface area contributed by atoms with Gasteiger partial charge in [-0.25, -0.2) is 4.99 Å². The first-order valence-electron chi connectivity index (χ1n) is 9.86. The summed E-state index contributed by atoms with van der Waals surface area (Å²) in [6.45, 7) is 3.22. The Morgan fingerprint density at radius 1 is 1.25 bits per heavy atom. The zero-order valence-electron chi connectivity index (χ0n) is 17.5. The minimum Gasteiger partial charge on any atom is -0.497 e. The number of carbonyl (C=O) groups excluding carboxylic acids is 1. The van der Waals surface area contributed by atoms with Crippen molar-refractivity contribution >= 4 is 35.8 Å². The largest absolute Gasteiger partial charge is 0.497 e. The van der Waals surface area contributed by atoms with Gasteiger partial charge in [0.1, 0.15) is 12.3 Å². The number of hydrogen-bond donors (Lipinski definition) is 2. The van der Waals surface area contributed by atoms with Crippen LogP contribution in [0.3, 0.4) is 0 Å². The van der Waals surface area contributed by atoms with Crippen molar-refractivity contribution in [3.05, 3.63) is 29.8 Å². The van der Waals surface area contributed by atoms with Crippen LogP contribution in [0.25, 0.3) is 0 Å². The molecule has 28 heavy (non-hydrogen) atoms. The number of likely N-dealkylation sites (N-methyl/N-ethyl adjacent to an activating group) is 1. The number of hydrogen-bond acceptors (Lipinski definition) is 3. The van der Waals surface area contributed by atoms with E-state index < -0.39 is 0 Å². The molecule has 2 rings (SSSR count). The van der Waals surface area contributed by atoms with Crippen molar-refractivity contribution in [1.82, 2.24) is 15.5 Å². The lowest BCUT2D eigenvalue weighted by Gasteiger charge is -2.29. The van der Waals surface area contributed by atoms with Crippen LogP contribution in [0.1, 0.15) is 38.2 Å². The number of halogens is 1.